The third-order valence-corrected chi connectivity index (χ3v) is 1.95. The molecule has 0 rings (SSSR count). The van der Waals surface area contributed by atoms with Crippen LogP contribution in [0.15, 0.2) is 11.9 Å². The van der Waals surface area contributed by atoms with Crippen LogP contribution < -0.4 is 0 Å². The molecular weight excluding hydrogens is 202 g/mol. The average molecular weight is 214 g/mol. The van der Waals surface area contributed by atoms with Crippen LogP contribution in [0.25, 0.3) is 0 Å². The third kappa shape index (κ3) is 5.13. The molecule has 0 aliphatic carbocycles. The summed E-state index contributed by atoms with van der Waals surface area (Å²) < 4.78 is 23.2. The third-order valence-electron chi connectivity index (χ3n) is 1.39. The lowest BCUT2D eigenvalue weighted by Gasteiger charge is -2.21. The van der Waals surface area contributed by atoms with Crippen LogP contribution in [0.1, 0.15) is 6.92 Å². The fourth-order valence-electron chi connectivity index (χ4n) is 0.488. The highest BCUT2D eigenvalue weighted by atomic mass is 31.2. The van der Waals surface area contributed by atoms with Crippen LogP contribution in [0.4, 0.5) is 4.39 Å². The van der Waals surface area contributed by atoms with Gasteiger partial charge in [-0.3, -0.25) is 4.57 Å². The van der Waals surface area contributed by atoms with E-state index < -0.39 is 26.0 Å². The molecule has 7 heteroatoms. The summed E-state index contributed by atoms with van der Waals surface area (Å²) in [5.41, 5.74) is -2.30. The largest absolute Gasteiger partial charge is 0.393 e. The summed E-state index contributed by atoms with van der Waals surface area (Å²) in [5.74, 6) is 0.394. The molecule has 0 saturated carbocycles. The molecule has 0 unspecified atom stereocenters. The van der Waals surface area contributed by atoms with Gasteiger partial charge in [0, 0.05) is 5.82 Å². The molecule has 0 aromatic carbocycles. The highest BCUT2D eigenvalue weighted by molar-refractivity contribution is 7.55. The van der Waals surface area contributed by atoms with Crippen LogP contribution in [0.3, 0.4) is 0 Å². The first-order valence-electron chi connectivity index (χ1n) is 3.41. The second kappa shape index (κ2) is 4.30. The van der Waals surface area contributed by atoms with E-state index in [9.17, 15) is 8.96 Å². The summed E-state index contributed by atoms with van der Waals surface area (Å²) >= 11 is 0. The van der Waals surface area contributed by atoms with Gasteiger partial charge in [0.1, 0.15) is 6.10 Å². The van der Waals surface area contributed by atoms with Crippen LogP contribution in [0.5, 0.6) is 0 Å². The van der Waals surface area contributed by atoms with E-state index in [4.69, 9.17) is 20.0 Å². The molecule has 13 heavy (non-hydrogen) atoms. The Morgan fingerprint density at radius 3 is 2.38 bits per heavy atom. The lowest BCUT2D eigenvalue weighted by atomic mass is 10.0. The van der Waals surface area contributed by atoms with E-state index >= 15 is 0 Å². The Balaban J connectivity index is 4.40. The number of aliphatic hydroxyl groups excluding tert-OH is 2. The summed E-state index contributed by atoms with van der Waals surface area (Å²) in [6, 6.07) is 0. The maximum absolute atomic E-state index is 13.0. The smallest absolute Gasteiger partial charge is 0.348 e. The van der Waals surface area contributed by atoms with Crippen molar-refractivity contribution >= 4 is 7.60 Å². The Bertz CT molecular complexity index is 233. The molecule has 0 aliphatic rings. The van der Waals surface area contributed by atoms with Crippen molar-refractivity contribution in [3.05, 3.63) is 11.9 Å². The first-order chi connectivity index (χ1) is 5.69. The van der Waals surface area contributed by atoms with Gasteiger partial charge in [0.15, 0.2) is 5.67 Å². The molecule has 0 amide bonds. The Hall–Kier alpha value is -0.260. The highest BCUT2D eigenvalue weighted by Crippen LogP contribution is 2.36. The van der Waals surface area contributed by atoms with Crippen molar-refractivity contribution in [2.75, 3.05) is 6.61 Å². The van der Waals surface area contributed by atoms with Crippen LogP contribution in [-0.4, -0.2) is 38.4 Å². The van der Waals surface area contributed by atoms with Gasteiger partial charge in [0.25, 0.3) is 0 Å². The zero-order valence-corrected chi connectivity index (χ0v) is 7.86. The van der Waals surface area contributed by atoms with Gasteiger partial charge in [-0.25, -0.2) is 4.39 Å². The minimum absolute atomic E-state index is 0.394. The summed E-state index contributed by atoms with van der Waals surface area (Å²) in [6.07, 6.45) is -1.12. The van der Waals surface area contributed by atoms with Crippen molar-refractivity contribution in [3.8, 4) is 0 Å². The minimum Gasteiger partial charge on any atom is -0.393 e. The number of rotatable bonds is 4. The zero-order chi connectivity index (χ0) is 10.7. The van der Waals surface area contributed by atoms with Gasteiger partial charge in [0.05, 0.1) is 6.61 Å². The van der Waals surface area contributed by atoms with Crippen LogP contribution in [-0.2, 0) is 4.57 Å². The number of halogens is 1. The molecule has 5 nitrogen and oxygen atoms in total. The molecule has 4 N–H and O–H groups in total. The van der Waals surface area contributed by atoms with E-state index in [1.807, 2.05) is 0 Å². The molecule has 0 aromatic rings. The molecular formula is C6H12FO5P. The van der Waals surface area contributed by atoms with Gasteiger partial charge in [0.2, 0.25) is 0 Å². The van der Waals surface area contributed by atoms with Crippen LogP contribution >= 0.6 is 7.60 Å². The van der Waals surface area contributed by atoms with Gasteiger partial charge in [-0.15, -0.1) is 0 Å². The highest BCUT2D eigenvalue weighted by Gasteiger charge is 2.30. The summed E-state index contributed by atoms with van der Waals surface area (Å²) in [6.45, 7) is -0.0126. The Kier molecular flexibility index (Phi) is 4.22. The number of alkyl halides is 1. The van der Waals surface area contributed by atoms with Crippen molar-refractivity contribution in [2.24, 2.45) is 0 Å². The molecule has 78 valence electrons. The SMILES string of the molecule is C[C@](F)(CO)[C@H](O)/C=C/P(=O)(O)O. The number of hydrogen-bond acceptors (Lipinski definition) is 3. The standard InChI is InChI=1S/C6H12FO5P/c1-6(7,4-8)5(9)2-3-13(10,11)12/h2-3,5,8-9H,4H2,1H3,(H2,10,11,12)/b3-2+/t5-,6+/m1/s1. The van der Waals surface area contributed by atoms with Crippen molar-refractivity contribution in [3.63, 3.8) is 0 Å². The number of aliphatic hydroxyl groups is 2. The lowest BCUT2D eigenvalue weighted by molar-refractivity contribution is -0.00790. The van der Waals surface area contributed by atoms with Crippen molar-refractivity contribution in [2.45, 2.75) is 18.7 Å². The van der Waals surface area contributed by atoms with Crippen LogP contribution in [0, 0.1) is 0 Å². The maximum Gasteiger partial charge on any atom is 0.348 e. The normalized spacial score (nSPS) is 20.2. The summed E-state index contributed by atoms with van der Waals surface area (Å²) in [4.78, 5) is 16.7. The second-order valence-electron chi connectivity index (χ2n) is 2.81. The van der Waals surface area contributed by atoms with E-state index in [2.05, 4.69) is 0 Å². The van der Waals surface area contributed by atoms with E-state index in [0.717, 1.165) is 6.92 Å². The van der Waals surface area contributed by atoms with E-state index in [-0.39, 0.29) is 0 Å². The molecule has 0 aliphatic heterocycles. The molecule has 0 fully saturated rings. The minimum atomic E-state index is -4.39. The molecule has 2 atom stereocenters. The second-order valence-corrected chi connectivity index (χ2v) is 4.29. The molecule has 0 spiro atoms. The van der Waals surface area contributed by atoms with Gasteiger partial charge in [-0.05, 0) is 13.0 Å². The van der Waals surface area contributed by atoms with Crippen molar-refractivity contribution < 1.29 is 29.0 Å². The fourth-order valence-corrected chi connectivity index (χ4v) is 0.875. The van der Waals surface area contributed by atoms with Crippen molar-refractivity contribution in [1.29, 1.82) is 0 Å². The summed E-state index contributed by atoms with van der Waals surface area (Å²) in [5, 5.41) is 17.4. The molecule has 0 radical (unpaired) electrons. The van der Waals surface area contributed by atoms with E-state index in [1.54, 1.807) is 0 Å². The first-order valence-corrected chi connectivity index (χ1v) is 5.09. The Labute approximate surface area is 74.7 Å². The maximum atomic E-state index is 13.0. The predicted molar refractivity (Wildman–Crippen MR) is 43.8 cm³/mol. The van der Waals surface area contributed by atoms with Gasteiger partial charge in [-0.2, -0.15) is 0 Å². The topological polar surface area (TPSA) is 98.0 Å². The van der Waals surface area contributed by atoms with Crippen molar-refractivity contribution in [1.82, 2.24) is 0 Å². The molecule has 0 heterocycles. The molecule has 0 bridgehead atoms. The zero-order valence-electron chi connectivity index (χ0n) is 6.96. The van der Waals surface area contributed by atoms with Gasteiger partial charge in [-0.1, -0.05) is 0 Å². The fraction of sp³-hybridized carbons (Fsp3) is 0.667. The first kappa shape index (κ1) is 12.7. The quantitative estimate of drug-likeness (QED) is 0.484. The van der Waals surface area contributed by atoms with Crippen LogP contribution in [0.2, 0.25) is 0 Å². The van der Waals surface area contributed by atoms with Gasteiger partial charge < -0.3 is 20.0 Å². The lowest BCUT2D eigenvalue weighted by Crippen LogP contribution is -2.36. The van der Waals surface area contributed by atoms with E-state index in [1.165, 1.54) is 0 Å². The monoisotopic (exact) mass is 214 g/mol. The predicted octanol–water partition coefficient (Wildman–Crippen LogP) is -0.241. The van der Waals surface area contributed by atoms with Gasteiger partial charge >= 0.3 is 7.60 Å². The average Bonchev–Trinajstić information content (AvgIpc) is 1.98. The summed E-state index contributed by atoms with van der Waals surface area (Å²) in [7, 11) is -4.39. The molecule has 0 saturated heterocycles. The Morgan fingerprint density at radius 1 is 1.62 bits per heavy atom. The van der Waals surface area contributed by atoms with E-state index in [0.29, 0.717) is 11.9 Å². The number of hydrogen-bond donors (Lipinski definition) is 4. The Morgan fingerprint density at radius 2 is 2.08 bits per heavy atom. The molecule has 0 aromatic heterocycles.